The van der Waals surface area contributed by atoms with E-state index in [0.29, 0.717) is 12.4 Å². The fraction of sp³-hybridized carbons (Fsp3) is 0.571. The van der Waals surface area contributed by atoms with E-state index in [0.717, 1.165) is 5.82 Å². The van der Waals surface area contributed by atoms with Crippen molar-refractivity contribution in [3.8, 4) is 6.07 Å². The molecule has 1 heterocycles. The van der Waals surface area contributed by atoms with Crippen LogP contribution in [0, 0.1) is 25.2 Å². The van der Waals surface area contributed by atoms with Gasteiger partial charge in [0.25, 0.3) is 0 Å². The Kier molecular flexibility index (Phi) is 2.41. The van der Waals surface area contributed by atoms with Crippen LogP contribution in [0.2, 0.25) is 0 Å². The molecule has 5 nitrogen and oxygen atoms in total. The summed E-state index contributed by atoms with van der Waals surface area (Å²) in [5.74, 6) is 1.50. The fourth-order valence-electron chi connectivity index (χ4n) is 0.961. The van der Waals surface area contributed by atoms with Gasteiger partial charge in [-0.25, -0.2) is 9.67 Å². The molecule has 0 aliphatic heterocycles. The molecule has 1 unspecified atom stereocenters. The molecule has 64 valence electrons. The van der Waals surface area contributed by atoms with Crippen LogP contribution in [0.5, 0.6) is 0 Å². The third kappa shape index (κ3) is 1.80. The minimum absolute atomic E-state index is 0.406. The van der Waals surface area contributed by atoms with Crippen molar-refractivity contribution >= 4 is 0 Å². The normalized spacial score (nSPS) is 12.5. The van der Waals surface area contributed by atoms with Crippen LogP contribution < -0.4 is 5.73 Å². The van der Waals surface area contributed by atoms with Gasteiger partial charge in [-0.2, -0.15) is 10.4 Å². The molecule has 12 heavy (non-hydrogen) atoms. The highest BCUT2D eigenvalue weighted by atomic mass is 15.3. The Bertz CT molecular complexity index is 308. The maximum atomic E-state index is 8.46. The van der Waals surface area contributed by atoms with E-state index in [-0.39, 0.29) is 0 Å². The summed E-state index contributed by atoms with van der Waals surface area (Å²) in [6.45, 7) is 4.05. The first-order chi connectivity index (χ1) is 5.63. The van der Waals surface area contributed by atoms with Crippen molar-refractivity contribution < 1.29 is 0 Å². The van der Waals surface area contributed by atoms with Crippen molar-refractivity contribution in [2.45, 2.75) is 26.4 Å². The number of hydrogen-bond acceptors (Lipinski definition) is 4. The largest absolute Gasteiger partial charge is 0.314 e. The van der Waals surface area contributed by atoms with E-state index in [1.807, 2.05) is 13.0 Å². The lowest BCUT2D eigenvalue weighted by Crippen LogP contribution is -2.25. The van der Waals surface area contributed by atoms with Crippen LogP contribution in [0.1, 0.15) is 11.6 Å². The third-order valence-corrected chi connectivity index (χ3v) is 1.50. The second-order valence-corrected chi connectivity index (χ2v) is 2.62. The summed E-state index contributed by atoms with van der Waals surface area (Å²) in [6.07, 6.45) is 0. The summed E-state index contributed by atoms with van der Waals surface area (Å²) in [4.78, 5) is 4.09. The molecular weight excluding hydrogens is 154 g/mol. The van der Waals surface area contributed by atoms with E-state index in [1.165, 1.54) is 0 Å². The van der Waals surface area contributed by atoms with Crippen molar-refractivity contribution in [3.63, 3.8) is 0 Å². The van der Waals surface area contributed by atoms with Crippen molar-refractivity contribution in [1.82, 2.24) is 14.8 Å². The van der Waals surface area contributed by atoms with Crippen LogP contribution in [0.3, 0.4) is 0 Å². The van der Waals surface area contributed by atoms with Gasteiger partial charge in [0.1, 0.15) is 17.7 Å². The first-order valence-electron chi connectivity index (χ1n) is 3.66. The zero-order chi connectivity index (χ0) is 9.14. The lowest BCUT2D eigenvalue weighted by Gasteiger charge is -2.02. The molecule has 0 saturated carbocycles. The highest BCUT2D eigenvalue weighted by molar-refractivity contribution is 4.92. The Morgan fingerprint density at radius 1 is 1.67 bits per heavy atom. The van der Waals surface area contributed by atoms with E-state index in [1.54, 1.807) is 11.6 Å². The minimum Gasteiger partial charge on any atom is -0.314 e. The molecule has 1 aromatic rings. The van der Waals surface area contributed by atoms with Gasteiger partial charge in [0.15, 0.2) is 0 Å². The van der Waals surface area contributed by atoms with Crippen LogP contribution in [0.25, 0.3) is 0 Å². The topological polar surface area (TPSA) is 80.5 Å². The smallest absolute Gasteiger partial charge is 0.147 e. The predicted octanol–water partition coefficient (Wildman–Crippen LogP) is -0.254. The van der Waals surface area contributed by atoms with E-state index in [9.17, 15) is 0 Å². The van der Waals surface area contributed by atoms with E-state index < -0.39 is 6.04 Å². The van der Waals surface area contributed by atoms with Gasteiger partial charge in [-0.3, -0.25) is 0 Å². The van der Waals surface area contributed by atoms with Gasteiger partial charge in [0, 0.05) is 0 Å². The van der Waals surface area contributed by atoms with Gasteiger partial charge < -0.3 is 5.73 Å². The molecule has 0 bridgehead atoms. The molecule has 0 fully saturated rings. The molecule has 0 aliphatic rings. The van der Waals surface area contributed by atoms with Crippen molar-refractivity contribution in [2.75, 3.05) is 0 Å². The zero-order valence-electron chi connectivity index (χ0n) is 7.15. The standard InChI is InChI=1S/C7H11N5/c1-5-10-6(2)12(11-5)4-7(9)3-8/h7H,4,9H2,1-2H3. The quantitative estimate of drug-likeness (QED) is 0.655. The lowest BCUT2D eigenvalue weighted by molar-refractivity contribution is 0.556. The number of nitriles is 1. The number of aromatic nitrogens is 3. The van der Waals surface area contributed by atoms with Crippen molar-refractivity contribution in [2.24, 2.45) is 5.73 Å². The summed E-state index contributed by atoms with van der Waals surface area (Å²) >= 11 is 0. The number of nitrogens with two attached hydrogens (primary N) is 1. The fourth-order valence-corrected chi connectivity index (χ4v) is 0.961. The summed E-state index contributed by atoms with van der Waals surface area (Å²) in [6, 6.07) is 1.43. The SMILES string of the molecule is Cc1nc(C)n(CC(N)C#N)n1. The van der Waals surface area contributed by atoms with Crippen LogP contribution in [0.4, 0.5) is 0 Å². The van der Waals surface area contributed by atoms with E-state index in [4.69, 9.17) is 11.0 Å². The number of hydrogen-bond donors (Lipinski definition) is 1. The predicted molar refractivity (Wildman–Crippen MR) is 43.1 cm³/mol. The van der Waals surface area contributed by atoms with Crippen LogP contribution in [0.15, 0.2) is 0 Å². The Balaban J connectivity index is 2.76. The highest BCUT2D eigenvalue weighted by Gasteiger charge is 2.06. The van der Waals surface area contributed by atoms with Crippen molar-refractivity contribution in [3.05, 3.63) is 11.6 Å². The number of nitrogens with zero attached hydrogens (tertiary/aromatic N) is 4. The Labute approximate surface area is 70.8 Å². The van der Waals surface area contributed by atoms with Crippen LogP contribution in [-0.2, 0) is 6.54 Å². The van der Waals surface area contributed by atoms with Gasteiger partial charge in [0.05, 0.1) is 12.6 Å². The molecule has 0 saturated heterocycles. The second kappa shape index (κ2) is 3.32. The lowest BCUT2D eigenvalue weighted by atomic mass is 10.3. The number of aryl methyl sites for hydroxylation is 2. The Morgan fingerprint density at radius 2 is 2.33 bits per heavy atom. The molecule has 0 amide bonds. The number of rotatable bonds is 2. The summed E-state index contributed by atoms with van der Waals surface area (Å²) in [7, 11) is 0. The highest BCUT2D eigenvalue weighted by Crippen LogP contribution is 1.96. The summed E-state index contributed by atoms with van der Waals surface area (Å²) in [5, 5.41) is 12.5. The summed E-state index contributed by atoms with van der Waals surface area (Å²) in [5.41, 5.74) is 5.43. The first kappa shape index (κ1) is 8.68. The molecule has 0 radical (unpaired) electrons. The molecule has 0 aliphatic carbocycles. The van der Waals surface area contributed by atoms with Crippen molar-refractivity contribution in [1.29, 1.82) is 5.26 Å². The Hall–Kier alpha value is -1.41. The average molecular weight is 165 g/mol. The van der Waals surface area contributed by atoms with Crippen LogP contribution >= 0.6 is 0 Å². The average Bonchev–Trinajstić information content (AvgIpc) is 2.30. The van der Waals surface area contributed by atoms with E-state index >= 15 is 0 Å². The molecular formula is C7H11N5. The molecule has 1 rings (SSSR count). The monoisotopic (exact) mass is 165 g/mol. The van der Waals surface area contributed by atoms with Gasteiger partial charge >= 0.3 is 0 Å². The second-order valence-electron chi connectivity index (χ2n) is 2.62. The van der Waals surface area contributed by atoms with Gasteiger partial charge in [0.2, 0.25) is 0 Å². The molecule has 0 spiro atoms. The maximum absolute atomic E-state index is 8.46. The van der Waals surface area contributed by atoms with Gasteiger partial charge in [-0.05, 0) is 13.8 Å². The minimum atomic E-state index is -0.509. The molecule has 5 heteroatoms. The molecule has 1 aromatic heterocycles. The molecule has 1 atom stereocenters. The molecule has 0 aromatic carbocycles. The van der Waals surface area contributed by atoms with Gasteiger partial charge in [-0.1, -0.05) is 0 Å². The first-order valence-corrected chi connectivity index (χ1v) is 3.66. The third-order valence-electron chi connectivity index (χ3n) is 1.50. The maximum Gasteiger partial charge on any atom is 0.147 e. The van der Waals surface area contributed by atoms with Gasteiger partial charge in [-0.15, -0.1) is 0 Å². The summed E-state index contributed by atoms with van der Waals surface area (Å²) < 4.78 is 1.64. The Morgan fingerprint density at radius 3 is 2.75 bits per heavy atom. The van der Waals surface area contributed by atoms with E-state index in [2.05, 4.69) is 10.1 Å². The van der Waals surface area contributed by atoms with Crippen LogP contribution in [-0.4, -0.2) is 20.8 Å². The molecule has 2 N–H and O–H groups in total. The zero-order valence-corrected chi connectivity index (χ0v) is 7.15.